The molecule has 3 nitrogen and oxygen atoms in total. The van der Waals surface area contributed by atoms with Crippen molar-refractivity contribution in [2.24, 2.45) is 0 Å². The second kappa shape index (κ2) is 5.71. The topological polar surface area (TPSA) is 50.1 Å². The third-order valence-electron chi connectivity index (χ3n) is 1.99. The number of nitrogens with zero attached hydrogens (tertiary/aromatic N) is 1. The second-order valence-electron chi connectivity index (χ2n) is 2.97. The lowest BCUT2D eigenvalue weighted by Gasteiger charge is -2.14. The van der Waals surface area contributed by atoms with E-state index >= 15 is 0 Å². The average Bonchev–Trinajstić information content (AvgIpc) is 2.21. The molecule has 0 atom stereocenters. The predicted octanol–water partition coefficient (Wildman–Crippen LogP) is 1.90. The van der Waals surface area contributed by atoms with Crippen molar-refractivity contribution in [3.8, 4) is 6.07 Å². The third kappa shape index (κ3) is 2.78. The SMILES string of the molecule is CCOC(=O)/C(C#N)=C1\CCCSC1. The van der Waals surface area contributed by atoms with E-state index in [2.05, 4.69) is 0 Å². The molecule has 0 aromatic heterocycles. The van der Waals surface area contributed by atoms with Crippen LogP contribution in [-0.2, 0) is 9.53 Å². The minimum Gasteiger partial charge on any atom is -0.462 e. The van der Waals surface area contributed by atoms with Crippen molar-refractivity contribution in [1.29, 1.82) is 5.26 Å². The number of esters is 1. The molecule has 0 aromatic rings. The fourth-order valence-corrected chi connectivity index (χ4v) is 2.35. The molecule has 0 bridgehead atoms. The molecule has 76 valence electrons. The van der Waals surface area contributed by atoms with Gasteiger partial charge in [-0.05, 0) is 31.1 Å². The van der Waals surface area contributed by atoms with E-state index in [-0.39, 0.29) is 5.57 Å². The molecular weight excluding hydrogens is 198 g/mol. The summed E-state index contributed by atoms with van der Waals surface area (Å²) in [4.78, 5) is 11.4. The summed E-state index contributed by atoms with van der Waals surface area (Å²) >= 11 is 1.77. The average molecular weight is 211 g/mol. The number of carbonyl (C=O) groups is 1. The van der Waals surface area contributed by atoms with Crippen LogP contribution in [0.25, 0.3) is 0 Å². The fourth-order valence-electron chi connectivity index (χ4n) is 1.32. The first-order chi connectivity index (χ1) is 6.79. The Morgan fingerprint density at radius 1 is 1.71 bits per heavy atom. The van der Waals surface area contributed by atoms with Gasteiger partial charge >= 0.3 is 5.97 Å². The van der Waals surface area contributed by atoms with Crippen molar-refractivity contribution >= 4 is 17.7 Å². The first-order valence-corrected chi connectivity index (χ1v) is 5.82. The molecule has 0 amide bonds. The second-order valence-corrected chi connectivity index (χ2v) is 4.07. The Balaban J connectivity index is 2.77. The lowest BCUT2D eigenvalue weighted by molar-refractivity contribution is -0.138. The molecule has 0 aromatic carbocycles. The predicted molar refractivity (Wildman–Crippen MR) is 55.8 cm³/mol. The van der Waals surface area contributed by atoms with E-state index < -0.39 is 5.97 Å². The third-order valence-corrected chi connectivity index (χ3v) is 3.12. The van der Waals surface area contributed by atoms with Gasteiger partial charge in [0.05, 0.1) is 6.61 Å². The van der Waals surface area contributed by atoms with Crippen LogP contribution in [0.5, 0.6) is 0 Å². The summed E-state index contributed by atoms with van der Waals surface area (Å²) in [5, 5.41) is 8.86. The minimum absolute atomic E-state index is 0.221. The van der Waals surface area contributed by atoms with Crippen LogP contribution in [0.1, 0.15) is 19.8 Å². The minimum atomic E-state index is -0.465. The summed E-state index contributed by atoms with van der Waals surface area (Å²) in [7, 11) is 0. The summed E-state index contributed by atoms with van der Waals surface area (Å²) in [6, 6.07) is 1.95. The van der Waals surface area contributed by atoms with Gasteiger partial charge in [-0.2, -0.15) is 17.0 Å². The molecular formula is C10H13NO2S. The van der Waals surface area contributed by atoms with Crippen molar-refractivity contribution in [1.82, 2.24) is 0 Å². The number of ether oxygens (including phenoxy) is 1. The van der Waals surface area contributed by atoms with Crippen molar-refractivity contribution in [2.45, 2.75) is 19.8 Å². The monoisotopic (exact) mass is 211 g/mol. The highest BCUT2D eigenvalue weighted by Gasteiger charge is 2.18. The molecule has 0 spiro atoms. The maximum absolute atomic E-state index is 11.4. The molecule has 0 aliphatic carbocycles. The van der Waals surface area contributed by atoms with Gasteiger partial charge in [0.2, 0.25) is 0 Å². The van der Waals surface area contributed by atoms with Crippen molar-refractivity contribution in [2.75, 3.05) is 18.1 Å². The van der Waals surface area contributed by atoms with Gasteiger partial charge in [-0.25, -0.2) is 4.79 Å². The van der Waals surface area contributed by atoms with Gasteiger partial charge in [0, 0.05) is 5.75 Å². The molecule has 1 rings (SSSR count). The lowest BCUT2D eigenvalue weighted by atomic mass is 10.1. The van der Waals surface area contributed by atoms with Gasteiger partial charge in [0.15, 0.2) is 0 Å². The smallest absolute Gasteiger partial charge is 0.348 e. The van der Waals surface area contributed by atoms with Gasteiger partial charge < -0.3 is 4.74 Å². The van der Waals surface area contributed by atoms with E-state index in [9.17, 15) is 4.79 Å². The Morgan fingerprint density at radius 2 is 2.50 bits per heavy atom. The molecule has 4 heteroatoms. The van der Waals surface area contributed by atoms with E-state index in [4.69, 9.17) is 10.00 Å². The Kier molecular flexibility index (Phi) is 4.54. The highest BCUT2D eigenvalue weighted by molar-refractivity contribution is 7.99. The molecule has 1 heterocycles. The maximum atomic E-state index is 11.4. The highest BCUT2D eigenvalue weighted by atomic mass is 32.2. The van der Waals surface area contributed by atoms with Crippen LogP contribution < -0.4 is 0 Å². The molecule has 1 aliphatic heterocycles. The summed E-state index contributed by atoms with van der Waals surface area (Å²) < 4.78 is 4.82. The van der Waals surface area contributed by atoms with Gasteiger partial charge in [-0.1, -0.05) is 0 Å². The Labute approximate surface area is 88.1 Å². The van der Waals surface area contributed by atoms with E-state index in [1.807, 2.05) is 6.07 Å². The lowest BCUT2D eigenvalue weighted by Crippen LogP contribution is -2.12. The number of hydrogen-bond acceptors (Lipinski definition) is 4. The van der Waals surface area contributed by atoms with Crippen LogP contribution in [-0.4, -0.2) is 24.1 Å². The van der Waals surface area contributed by atoms with E-state index in [0.29, 0.717) is 6.61 Å². The van der Waals surface area contributed by atoms with Crippen LogP contribution in [0, 0.1) is 11.3 Å². The van der Waals surface area contributed by atoms with Crippen LogP contribution >= 0.6 is 11.8 Å². The van der Waals surface area contributed by atoms with Crippen LogP contribution in [0.4, 0.5) is 0 Å². The summed E-state index contributed by atoms with van der Waals surface area (Å²) in [5.74, 6) is 1.44. The summed E-state index contributed by atoms with van der Waals surface area (Å²) in [6.45, 7) is 2.07. The first kappa shape index (κ1) is 11.1. The number of nitriles is 1. The molecule has 0 unspecified atom stereocenters. The summed E-state index contributed by atoms with van der Waals surface area (Å²) in [5.41, 5.74) is 1.17. The zero-order valence-electron chi connectivity index (χ0n) is 8.21. The number of carbonyl (C=O) groups excluding carboxylic acids is 1. The van der Waals surface area contributed by atoms with E-state index in [1.165, 1.54) is 0 Å². The van der Waals surface area contributed by atoms with Gasteiger partial charge in [0.1, 0.15) is 11.6 Å². The zero-order valence-corrected chi connectivity index (χ0v) is 9.02. The molecule has 1 saturated heterocycles. The van der Waals surface area contributed by atoms with E-state index in [0.717, 1.165) is 29.9 Å². The van der Waals surface area contributed by atoms with Crippen LogP contribution in [0.3, 0.4) is 0 Å². The van der Waals surface area contributed by atoms with Crippen molar-refractivity contribution < 1.29 is 9.53 Å². The summed E-state index contributed by atoms with van der Waals surface area (Å²) in [6.07, 6.45) is 1.90. The van der Waals surface area contributed by atoms with Crippen LogP contribution in [0.15, 0.2) is 11.1 Å². The van der Waals surface area contributed by atoms with Gasteiger partial charge in [0.25, 0.3) is 0 Å². The number of hydrogen-bond donors (Lipinski definition) is 0. The van der Waals surface area contributed by atoms with Gasteiger partial charge in [-0.3, -0.25) is 0 Å². The molecule has 1 aliphatic rings. The fraction of sp³-hybridized carbons (Fsp3) is 0.600. The Bertz CT molecular complexity index is 283. The first-order valence-electron chi connectivity index (χ1n) is 4.66. The maximum Gasteiger partial charge on any atom is 0.348 e. The Morgan fingerprint density at radius 3 is 3.00 bits per heavy atom. The van der Waals surface area contributed by atoms with Crippen molar-refractivity contribution in [3.63, 3.8) is 0 Å². The molecule has 0 N–H and O–H groups in total. The van der Waals surface area contributed by atoms with Gasteiger partial charge in [-0.15, -0.1) is 0 Å². The normalized spacial score (nSPS) is 19.7. The van der Waals surface area contributed by atoms with E-state index in [1.54, 1.807) is 18.7 Å². The highest BCUT2D eigenvalue weighted by Crippen LogP contribution is 2.24. The van der Waals surface area contributed by atoms with Crippen molar-refractivity contribution in [3.05, 3.63) is 11.1 Å². The Hall–Kier alpha value is -0.950. The number of rotatable bonds is 2. The number of thioether (sulfide) groups is 1. The molecule has 0 radical (unpaired) electrons. The zero-order chi connectivity index (χ0) is 10.4. The quantitative estimate of drug-likeness (QED) is 0.397. The van der Waals surface area contributed by atoms with Crippen LogP contribution in [0.2, 0.25) is 0 Å². The molecule has 1 fully saturated rings. The largest absolute Gasteiger partial charge is 0.462 e. The molecule has 14 heavy (non-hydrogen) atoms. The molecule has 0 saturated carbocycles. The standard InChI is InChI=1S/C10H13NO2S/c1-2-13-10(12)9(6-11)8-4-3-5-14-7-8/h2-5,7H2,1H3/b9-8+.